The number of hydrogen-bond acceptors (Lipinski definition) is 3. The molecule has 0 amide bonds. The summed E-state index contributed by atoms with van der Waals surface area (Å²) in [5.41, 5.74) is 2.46. The number of pyridine rings is 1. The zero-order valence-corrected chi connectivity index (χ0v) is 12.5. The van der Waals surface area contributed by atoms with Crippen LogP contribution in [-0.2, 0) is 6.54 Å². The summed E-state index contributed by atoms with van der Waals surface area (Å²) in [5, 5.41) is 3.66. The minimum atomic E-state index is 0.566. The Bertz CT molecular complexity index is 391. The second kappa shape index (κ2) is 7.01. The van der Waals surface area contributed by atoms with Crippen LogP contribution < -0.4 is 5.32 Å². The number of aromatic nitrogens is 1. The van der Waals surface area contributed by atoms with Crippen LogP contribution in [0.4, 0.5) is 0 Å². The summed E-state index contributed by atoms with van der Waals surface area (Å²) < 4.78 is 0. The Morgan fingerprint density at radius 1 is 1.53 bits per heavy atom. The molecule has 1 saturated heterocycles. The van der Waals surface area contributed by atoms with Gasteiger partial charge in [0.2, 0.25) is 0 Å². The highest BCUT2D eigenvalue weighted by Gasteiger charge is 2.23. The van der Waals surface area contributed by atoms with Gasteiger partial charge in [-0.25, -0.2) is 0 Å². The molecular weight excluding hydrogens is 234 g/mol. The van der Waals surface area contributed by atoms with Gasteiger partial charge in [-0.2, -0.15) is 0 Å². The standard InChI is InChI=1S/C16H27N3/c1-4-19-10-6-8-15(12-19)14(3)18-11-16-13(2)7-5-9-17-16/h5,7,9,14-15,18H,4,6,8,10-12H2,1-3H3. The van der Waals surface area contributed by atoms with Crippen LogP contribution in [0.15, 0.2) is 18.3 Å². The van der Waals surface area contributed by atoms with Crippen molar-refractivity contribution in [1.29, 1.82) is 0 Å². The van der Waals surface area contributed by atoms with Gasteiger partial charge < -0.3 is 10.2 Å². The van der Waals surface area contributed by atoms with Gasteiger partial charge in [0.1, 0.15) is 0 Å². The molecule has 2 atom stereocenters. The Labute approximate surface area is 117 Å². The molecule has 1 aliphatic rings. The molecule has 1 aromatic heterocycles. The summed E-state index contributed by atoms with van der Waals surface area (Å²) in [5.74, 6) is 0.776. The zero-order valence-electron chi connectivity index (χ0n) is 12.5. The maximum absolute atomic E-state index is 4.45. The summed E-state index contributed by atoms with van der Waals surface area (Å²) in [6.07, 6.45) is 4.58. The van der Waals surface area contributed by atoms with E-state index in [2.05, 4.69) is 42.0 Å². The summed E-state index contributed by atoms with van der Waals surface area (Å²) in [6.45, 7) is 11.3. The van der Waals surface area contributed by atoms with Crippen molar-refractivity contribution in [2.45, 2.75) is 46.2 Å². The van der Waals surface area contributed by atoms with Crippen molar-refractivity contribution in [3.8, 4) is 0 Å². The van der Waals surface area contributed by atoms with Crippen molar-refractivity contribution in [3.05, 3.63) is 29.6 Å². The number of nitrogens with zero attached hydrogens (tertiary/aromatic N) is 2. The van der Waals surface area contributed by atoms with Crippen molar-refractivity contribution >= 4 is 0 Å². The SMILES string of the molecule is CCN1CCCC(C(C)NCc2ncccc2C)C1. The molecule has 0 saturated carbocycles. The third-order valence-electron chi connectivity index (χ3n) is 4.41. The van der Waals surface area contributed by atoms with E-state index >= 15 is 0 Å². The fourth-order valence-corrected chi connectivity index (χ4v) is 2.91. The maximum Gasteiger partial charge on any atom is 0.0570 e. The Morgan fingerprint density at radius 3 is 3.11 bits per heavy atom. The van der Waals surface area contributed by atoms with Crippen LogP contribution in [0.1, 0.15) is 37.9 Å². The first-order chi connectivity index (χ1) is 9.20. The first-order valence-corrected chi connectivity index (χ1v) is 7.57. The van der Waals surface area contributed by atoms with E-state index in [4.69, 9.17) is 0 Å². The molecule has 3 nitrogen and oxygen atoms in total. The monoisotopic (exact) mass is 261 g/mol. The highest BCUT2D eigenvalue weighted by atomic mass is 15.1. The van der Waals surface area contributed by atoms with E-state index in [0.29, 0.717) is 6.04 Å². The number of rotatable bonds is 5. The Kier molecular flexibility index (Phi) is 5.34. The van der Waals surface area contributed by atoms with Crippen LogP contribution >= 0.6 is 0 Å². The van der Waals surface area contributed by atoms with Gasteiger partial charge in [-0.15, -0.1) is 0 Å². The predicted octanol–water partition coefficient (Wildman–Crippen LogP) is 2.60. The second-order valence-electron chi connectivity index (χ2n) is 5.73. The Morgan fingerprint density at radius 2 is 2.37 bits per heavy atom. The molecule has 0 aromatic carbocycles. The van der Waals surface area contributed by atoms with Gasteiger partial charge >= 0.3 is 0 Å². The lowest BCUT2D eigenvalue weighted by Gasteiger charge is -2.35. The second-order valence-corrected chi connectivity index (χ2v) is 5.73. The first-order valence-electron chi connectivity index (χ1n) is 7.57. The Balaban J connectivity index is 1.84. The zero-order chi connectivity index (χ0) is 13.7. The molecule has 0 bridgehead atoms. The van der Waals surface area contributed by atoms with Crippen molar-refractivity contribution in [3.63, 3.8) is 0 Å². The quantitative estimate of drug-likeness (QED) is 0.883. The van der Waals surface area contributed by atoms with E-state index in [1.54, 1.807) is 0 Å². The van der Waals surface area contributed by atoms with E-state index in [9.17, 15) is 0 Å². The first kappa shape index (κ1) is 14.5. The molecule has 19 heavy (non-hydrogen) atoms. The van der Waals surface area contributed by atoms with Crippen LogP contribution in [0, 0.1) is 12.8 Å². The molecule has 2 unspecified atom stereocenters. The van der Waals surface area contributed by atoms with Crippen LogP contribution in [0.3, 0.4) is 0 Å². The van der Waals surface area contributed by atoms with E-state index in [1.807, 2.05) is 12.3 Å². The lowest BCUT2D eigenvalue weighted by atomic mass is 9.91. The summed E-state index contributed by atoms with van der Waals surface area (Å²) in [7, 11) is 0. The van der Waals surface area contributed by atoms with Gasteiger partial charge in [0, 0.05) is 25.3 Å². The average Bonchev–Trinajstić information content (AvgIpc) is 2.46. The van der Waals surface area contributed by atoms with Gasteiger partial charge in [0.05, 0.1) is 5.69 Å². The lowest BCUT2D eigenvalue weighted by molar-refractivity contribution is 0.156. The van der Waals surface area contributed by atoms with E-state index in [0.717, 1.165) is 12.5 Å². The van der Waals surface area contributed by atoms with Crippen molar-refractivity contribution < 1.29 is 0 Å². The van der Waals surface area contributed by atoms with Crippen LogP contribution in [0.5, 0.6) is 0 Å². The molecule has 0 aliphatic carbocycles. The maximum atomic E-state index is 4.45. The normalized spacial score (nSPS) is 22.4. The average molecular weight is 261 g/mol. The van der Waals surface area contributed by atoms with Crippen LogP contribution in [-0.4, -0.2) is 35.6 Å². The van der Waals surface area contributed by atoms with Crippen molar-refractivity contribution in [1.82, 2.24) is 15.2 Å². The smallest absolute Gasteiger partial charge is 0.0570 e. The molecule has 2 heterocycles. The number of aryl methyl sites for hydroxylation is 1. The fraction of sp³-hybridized carbons (Fsp3) is 0.688. The minimum Gasteiger partial charge on any atom is -0.308 e. The van der Waals surface area contributed by atoms with Gasteiger partial charge in [-0.1, -0.05) is 13.0 Å². The van der Waals surface area contributed by atoms with Crippen molar-refractivity contribution in [2.24, 2.45) is 5.92 Å². The van der Waals surface area contributed by atoms with Gasteiger partial charge in [-0.3, -0.25) is 4.98 Å². The Hall–Kier alpha value is -0.930. The third-order valence-corrected chi connectivity index (χ3v) is 4.41. The molecule has 2 rings (SSSR count). The predicted molar refractivity (Wildman–Crippen MR) is 80.1 cm³/mol. The number of piperidine rings is 1. The lowest BCUT2D eigenvalue weighted by Crippen LogP contribution is -2.44. The molecular formula is C16H27N3. The largest absolute Gasteiger partial charge is 0.308 e. The topological polar surface area (TPSA) is 28.2 Å². The van der Waals surface area contributed by atoms with Crippen LogP contribution in [0.25, 0.3) is 0 Å². The minimum absolute atomic E-state index is 0.566. The number of hydrogen-bond donors (Lipinski definition) is 1. The third kappa shape index (κ3) is 4.02. The van der Waals surface area contributed by atoms with E-state index in [-0.39, 0.29) is 0 Å². The molecule has 3 heteroatoms. The molecule has 1 N–H and O–H groups in total. The van der Waals surface area contributed by atoms with Gasteiger partial charge in [0.15, 0.2) is 0 Å². The van der Waals surface area contributed by atoms with Crippen molar-refractivity contribution in [2.75, 3.05) is 19.6 Å². The molecule has 1 fully saturated rings. The van der Waals surface area contributed by atoms with E-state index < -0.39 is 0 Å². The highest BCUT2D eigenvalue weighted by Crippen LogP contribution is 2.19. The highest BCUT2D eigenvalue weighted by molar-refractivity contribution is 5.17. The summed E-state index contributed by atoms with van der Waals surface area (Å²) in [6, 6.07) is 4.70. The summed E-state index contributed by atoms with van der Waals surface area (Å²) in [4.78, 5) is 7.02. The fourth-order valence-electron chi connectivity index (χ4n) is 2.91. The molecule has 1 aliphatic heterocycles. The van der Waals surface area contributed by atoms with Crippen LogP contribution in [0.2, 0.25) is 0 Å². The molecule has 0 spiro atoms. The molecule has 0 radical (unpaired) electrons. The van der Waals surface area contributed by atoms with Gasteiger partial charge in [-0.05, 0) is 57.3 Å². The molecule has 106 valence electrons. The number of nitrogens with one attached hydrogen (secondary N) is 1. The summed E-state index contributed by atoms with van der Waals surface area (Å²) >= 11 is 0. The van der Waals surface area contributed by atoms with Gasteiger partial charge in [0.25, 0.3) is 0 Å². The molecule has 1 aromatic rings. The van der Waals surface area contributed by atoms with E-state index in [1.165, 1.54) is 43.7 Å². The number of likely N-dealkylation sites (tertiary alicyclic amines) is 1.